The summed E-state index contributed by atoms with van der Waals surface area (Å²) in [5, 5.41) is 4.45. The zero-order valence-corrected chi connectivity index (χ0v) is 17.8. The van der Waals surface area contributed by atoms with Crippen molar-refractivity contribution in [2.45, 2.75) is 26.3 Å². The van der Waals surface area contributed by atoms with Gasteiger partial charge in [-0.1, -0.05) is 25.5 Å². The van der Waals surface area contributed by atoms with Gasteiger partial charge in [0.15, 0.2) is 5.82 Å². The first-order chi connectivity index (χ1) is 15.1. The summed E-state index contributed by atoms with van der Waals surface area (Å²) in [6, 6.07) is 9.81. The van der Waals surface area contributed by atoms with Gasteiger partial charge in [-0.2, -0.15) is 5.10 Å². The lowest BCUT2D eigenvalue weighted by molar-refractivity contribution is 0.0733. The van der Waals surface area contributed by atoms with Gasteiger partial charge in [-0.25, -0.2) is 14.3 Å². The first-order valence-electron chi connectivity index (χ1n) is 10.7. The standard InChI is InChI=1S/C22H29N7O2/c1-2-3-12-31-22(30)28-10-8-27(9-11-28)14-18-13-19(16-4-6-17(23)7-5-16)20-21(24)25-15-26-29(18)20/h4-7,13,15H,2-3,8-12,14,23H2,1H3,(H2,24,25,26). The van der Waals surface area contributed by atoms with E-state index in [1.54, 1.807) is 4.90 Å². The number of hydrogen-bond acceptors (Lipinski definition) is 7. The molecule has 1 aliphatic heterocycles. The molecular formula is C22H29N7O2. The summed E-state index contributed by atoms with van der Waals surface area (Å²) in [7, 11) is 0. The molecule has 1 aromatic carbocycles. The molecule has 0 bridgehead atoms. The minimum Gasteiger partial charge on any atom is -0.449 e. The Labute approximate surface area is 181 Å². The molecule has 0 radical (unpaired) electrons. The molecule has 0 atom stereocenters. The highest BCUT2D eigenvalue weighted by molar-refractivity contribution is 5.88. The number of carbonyl (C=O) groups is 1. The highest BCUT2D eigenvalue weighted by Crippen LogP contribution is 2.31. The van der Waals surface area contributed by atoms with E-state index in [-0.39, 0.29) is 6.09 Å². The lowest BCUT2D eigenvalue weighted by Crippen LogP contribution is -2.48. The molecule has 0 unspecified atom stereocenters. The second-order valence-electron chi connectivity index (χ2n) is 7.81. The highest BCUT2D eigenvalue weighted by Gasteiger charge is 2.24. The Bertz CT molecular complexity index is 1040. The second-order valence-corrected chi connectivity index (χ2v) is 7.81. The first-order valence-corrected chi connectivity index (χ1v) is 10.7. The molecule has 31 heavy (non-hydrogen) atoms. The molecule has 1 fully saturated rings. The van der Waals surface area contributed by atoms with Crippen molar-refractivity contribution in [1.29, 1.82) is 0 Å². The predicted octanol–water partition coefficient (Wildman–Crippen LogP) is 2.62. The van der Waals surface area contributed by atoms with Crippen LogP contribution in [0.25, 0.3) is 16.6 Å². The fourth-order valence-electron chi connectivity index (χ4n) is 3.84. The van der Waals surface area contributed by atoms with Crippen molar-refractivity contribution < 1.29 is 9.53 Å². The molecule has 164 valence electrons. The predicted molar refractivity (Wildman–Crippen MR) is 120 cm³/mol. The minimum atomic E-state index is -0.215. The fourth-order valence-corrected chi connectivity index (χ4v) is 3.84. The van der Waals surface area contributed by atoms with E-state index in [4.69, 9.17) is 16.2 Å². The van der Waals surface area contributed by atoms with Crippen LogP contribution in [0.2, 0.25) is 0 Å². The minimum absolute atomic E-state index is 0.215. The molecule has 4 N–H and O–H groups in total. The maximum absolute atomic E-state index is 12.2. The number of benzene rings is 1. The van der Waals surface area contributed by atoms with Crippen molar-refractivity contribution in [2.24, 2.45) is 0 Å². The van der Waals surface area contributed by atoms with Gasteiger partial charge in [-0.05, 0) is 30.2 Å². The molecule has 0 spiro atoms. The van der Waals surface area contributed by atoms with Gasteiger partial charge in [0.25, 0.3) is 0 Å². The van der Waals surface area contributed by atoms with Crippen molar-refractivity contribution in [3.8, 4) is 11.1 Å². The number of nitrogen functional groups attached to an aromatic ring is 2. The van der Waals surface area contributed by atoms with E-state index in [2.05, 4.69) is 28.0 Å². The third-order valence-corrected chi connectivity index (χ3v) is 5.62. The maximum atomic E-state index is 12.2. The van der Waals surface area contributed by atoms with Gasteiger partial charge >= 0.3 is 6.09 Å². The van der Waals surface area contributed by atoms with Gasteiger partial charge in [0.05, 0.1) is 12.3 Å². The maximum Gasteiger partial charge on any atom is 0.409 e. The number of anilines is 2. The third-order valence-electron chi connectivity index (χ3n) is 5.62. The Hall–Kier alpha value is -3.33. The van der Waals surface area contributed by atoms with Gasteiger partial charge < -0.3 is 21.1 Å². The average Bonchev–Trinajstić information content (AvgIpc) is 3.14. The van der Waals surface area contributed by atoms with E-state index in [0.29, 0.717) is 37.7 Å². The SMILES string of the molecule is CCCCOC(=O)N1CCN(Cc2cc(-c3ccc(N)cc3)c3c(N)ncnn23)CC1. The van der Waals surface area contributed by atoms with Crippen LogP contribution in [0.1, 0.15) is 25.5 Å². The molecule has 1 amide bonds. The van der Waals surface area contributed by atoms with E-state index in [1.807, 2.05) is 28.8 Å². The van der Waals surface area contributed by atoms with E-state index >= 15 is 0 Å². The molecule has 4 rings (SSSR count). The number of amides is 1. The molecule has 1 aliphatic rings. The van der Waals surface area contributed by atoms with Gasteiger partial charge in [0.2, 0.25) is 0 Å². The van der Waals surface area contributed by atoms with Crippen LogP contribution in [0.5, 0.6) is 0 Å². The number of ether oxygens (including phenoxy) is 1. The van der Waals surface area contributed by atoms with Crippen molar-refractivity contribution in [3.63, 3.8) is 0 Å². The molecular weight excluding hydrogens is 394 g/mol. The Morgan fingerprint density at radius 2 is 1.87 bits per heavy atom. The van der Waals surface area contributed by atoms with Crippen molar-refractivity contribution >= 4 is 23.1 Å². The normalized spacial score (nSPS) is 14.8. The van der Waals surface area contributed by atoms with Crippen molar-refractivity contribution in [2.75, 3.05) is 44.3 Å². The van der Waals surface area contributed by atoms with Gasteiger partial charge in [0, 0.05) is 44.0 Å². The number of nitrogens with zero attached hydrogens (tertiary/aromatic N) is 5. The van der Waals surface area contributed by atoms with Crippen LogP contribution in [-0.4, -0.2) is 63.3 Å². The van der Waals surface area contributed by atoms with E-state index < -0.39 is 0 Å². The van der Waals surface area contributed by atoms with Crippen LogP contribution < -0.4 is 11.5 Å². The molecule has 3 aromatic rings. The van der Waals surface area contributed by atoms with E-state index in [1.165, 1.54) is 6.33 Å². The number of aromatic nitrogens is 3. The van der Waals surface area contributed by atoms with Crippen molar-refractivity contribution in [3.05, 3.63) is 42.4 Å². The molecule has 3 heterocycles. The van der Waals surface area contributed by atoms with Gasteiger partial charge in [0.1, 0.15) is 11.8 Å². The molecule has 1 saturated heterocycles. The summed E-state index contributed by atoms with van der Waals surface area (Å²) in [6.45, 7) is 6.11. The smallest absolute Gasteiger partial charge is 0.409 e. The van der Waals surface area contributed by atoms with E-state index in [9.17, 15) is 4.79 Å². The quantitative estimate of drug-likeness (QED) is 0.462. The Kier molecular flexibility index (Phi) is 6.22. The largest absolute Gasteiger partial charge is 0.449 e. The Balaban J connectivity index is 1.49. The molecule has 2 aromatic heterocycles. The number of rotatable bonds is 6. The van der Waals surface area contributed by atoms with Crippen LogP contribution in [0.4, 0.5) is 16.3 Å². The first kappa shape index (κ1) is 20.9. The zero-order valence-electron chi connectivity index (χ0n) is 17.8. The summed E-state index contributed by atoms with van der Waals surface area (Å²) in [5.74, 6) is 0.438. The van der Waals surface area contributed by atoms with Crippen molar-refractivity contribution in [1.82, 2.24) is 24.4 Å². The summed E-state index contributed by atoms with van der Waals surface area (Å²) in [5.41, 5.74) is 16.6. The number of piperazine rings is 1. The van der Waals surface area contributed by atoms with Crippen LogP contribution in [0, 0.1) is 0 Å². The van der Waals surface area contributed by atoms with Gasteiger partial charge in [-0.3, -0.25) is 4.90 Å². The van der Waals surface area contributed by atoms with E-state index in [0.717, 1.165) is 48.3 Å². The molecule has 9 nitrogen and oxygen atoms in total. The Morgan fingerprint density at radius 1 is 1.13 bits per heavy atom. The zero-order chi connectivity index (χ0) is 21.8. The second kappa shape index (κ2) is 9.22. The molecule has 0 saturated carbocycles. The number of carbonyl (C=O) groups excluding carboxylic acids is 1. The van der Waals surface area contributed by atoms with Crippen LogP contribution >= 0.6 is 0 Å². The number of hydrogen-bond donors (Lipinski definition) is 2. The van der Waals surface area contributed by atoms with Crippen LogP contribution in [0.15, 0.2) is 36.7 Å². The number of nitrogens with two attached hydrogens (primary N) is 2. The Morgan fingerprint density at radius 3 is 2.58 bits per heavy atom. The third kappa shape index (κ3) is 4.56. The summed E-state index contributed by atoms with van der Waals surface area (Å²) < 4.78 is 7.19. The number of unbranched alkanes of at least 4 members (excludes halogenated alkanes) is 1. The summed E-state index contributed by atoms with van der Waals surface area (Å²) in [6.07, 6.45) is 3.17. The lowest BCUT2D eigenvalue weighted by atomic mass is 10.1. The monoisotopic (exact) mass is 423 g/mol. The highest BCUT2D eigenvalue weighted by atomic mass is 16.6. The fraction of sp³-hybridized carbons (Fsp3) is 0.409. The lowest BCUT2D eigenvalue weighted by Gasteiger charge is -2.33. The summed E-state index contributed by atoms with van der Waals surface area (Å²) in [4.78, 5) is 20.4. The molecule has 0 aliphatic carbocycles. The summed E-state index contributed by atoms with van der Waals surface area (Å²) >= 11 is 0. The van der Waals surface area contributed by atoms with Crippen LogP contribution in [-0.2, 0) is 11.3 Å². The number of fused-ring (bicyclic) bond motifs is 1. The van der Waals surface area contributed by atoms with Gasteiger partial charge in [-0.15, -0.1) is 0 Å². The van der Waals surface area contributed by atoms with Crippen LogP contribution in [0.3, 0.4) is 0 Å². The molecule has 9 heteroatoms. The topological polar surface area (TPSA) is 115 Å². The average molecular weight is 424 g/mol.